The van der Waals surface area contributed by atoms with Crippen LogP contribution in [0.3, 0.4) is 0 Å². The molecule has 5 nitrogen and oxygen atoms in total. The van der Waals surface area contributed by atoms with Gasteiger partial charge in [0.05, 0.1) is 23.8 Å². The summed E-state index contributed by atoms with van der Waals surface area (Å²) < 4.78 is 4.88. The first kappa shape index (κ1) is 12.2. The van der Waals surface area contributed by atoms with E-state index in [2.05, 4.69) is 26.0 Å². The van der Waals surface area contributed by atoms with Crippen molar-refractivity contribution in [2.75, 3.05) is 5.73 Å². The van der Waals surface area contributed by atoms with Crippen LogP contribution in [-0.2, 0) is 13.6 Å². The van der Waals surface area contributed by atoms with Gasteiger partial charge in [0.1, 0.15) is 0 Å². The first-order valence-electron chi connectivity index (χ1n) is 5.95. The van der Waals surface area contributed by atoms with E-state index in [-0.39, 0.29) is 0 Å². The standard InChI is InChI=1S/C13H14BrN5/c1-8-9(6-16-18(8)2)7-19-12-5-10(14)3-4-11(12)17-13(19)15/h3-6H,7H2,1-2H3,(H2,15,17). The second kappa shape index (κ2) is 4.38. The Balaban J connectivity index is 2.12. The van der Waals surface area contributed by atoms with Gasteiger partial charge in [-0.2, -0.15) is 5.10 Å². The number of anilines is 1. The van der Waals surface area contributed by atoms with Gasteiger partial charge in [0.15, 0.2) is 0 Å². The van der Waals surface area contributed by atoms with E-state index in [1.54, 1.807) is 0 Å². The fourth-order valence-electron chi connectivity index (χ4n) is 2.15. The Morgan fingerprint density at radius 1 is 1.37 bits per heavy atom. The first-order valence-corrected chi connectivity index (χ1v) is 6.74. The summed E-state index contributed by atoms with van der Waals surface area (Å²) in [5, 5.41) is 4.26. The quantitative estimate of drug-likeness (QED) is 0.789. The van der Waals surface area contributed by atoms with Crippen LogP contribution in [0.2, 0.25) is 0 Å². The number of nitrogens with two attached hydrogens (primary N) is 1. The number of hydrogen-bond donors (Lipinski definition) is 1. The third kappa shape index (κ3) is 2.02. The average molecular weight is 320 g/mol. The summed E-state index contributed by atoms with van der Waals surface area (Å²) in [6.07, 6.45) is 1.87. The average Bonchev–Trinajstić information content (AvgIpc) is 2.85. The molecule has 19 heavy (non-hydrogen) atoms. The van der Waals surface area contributed by atoms with Crippen LogP contribution in [0.1, 0.15) is 11.3 Å². The molecule has 0 spiro atoms. The minimum atomic E-state index is 0.524. The molecule has 0 aliphatic heterocycles. The first-order chi connectivity index (χ1) is 9.06. The van der Waals surface area contributed by atoms with Crippen molar-refractivity contribution in [3.8, 4) is 0 Å². The number of nitrogen functional groups attached to an aromatic ring is 1. The van der Waals surface area contributed by atoms with Crippen LogP contribution in [0.15, 0.2) is 28.9 Å². The molecule has 0 unspecified atom stereocenters. The predicted molar refractivity (Wildman–Crippen MR) is 78.9 cm³/mol. The predicted octanol–water partition coefficient (Wildman–Crippen LogP) is 2.47. The summed E-state index contributed by atoms with van der Waals surface area (Å²) in [6, 6.07) is 5.96. The lowest BCUT2D eigenvalue weighted by Gasteiger charge is -2.06. The van der Waals surface area contributed by atoms with Crippen molar-refractivity contribution in [3.63, 3.8) is 0 Å². The van der Waals surface area contributed by atoms with Crippen molar-refractivity contribution in [3.05, 3.63) is 40.1 Å². The van der Waals surface area contributed by atoms with Gasteiger partial charge in [0.25, 0.3) is 0 Å². The SMILES string of the molecule is Cc1c(Cn2c(N)nc3ccc(Br)cc32)cnn1C. The Hall–Kier alpha value is -1.82. The van der Waals surface area contributed by atoms with Crippen LogP contribution in [0.4, 0.5) is 5.95 Å². The number of halogens is 1. The van der Waals surface area contributed by atoms with Gasteiger partial charge >= 0.3 is 0 Å². The van der Waals surface area contributed by atoms with Gasteiger partial charge in [0, 0.05) is 22.8 Å². The largest absolute Gasteiger partial charge is 0.369 e. The molecule has 98 valence electrons. The van der Waals surface area contributed by atoms with E-state index >= 15 is 0 Å². The molecule has 0 saturated heterocycles. The van der Waals surface area contributed by atoms with Crippen molar-refractivity contribution < 1.29 is 0 Å². The number of imidazole rings is 1. The molecule has 0 bridgehead atoms. The smallest absolute Gasteiger partial charge is 0.201 e. The number of benzene rings is 1. The highest BCUT2D eigenvalue weighted by Gasteiger charge is 2.11. The number of aryl methyl sites for hydroxylation is 1. The molecule has 2 N–H and O–H groups in total. The van der Waals surface area contributed by atoms with Gasteiger partial charge in [-0.1, -0.05) is 15.9 Å². The minimum absolute atomic E-state index is 0.524. The fraction of sp³-hybridized carbons (Fsp3) is 0.231. The molecule has 1 aromatic carbocycles. The number of nitrogens with zero attached hydrogens (tertiary/aromatic N) is 4. The molecule has 2 aromatic heterocycles. The lowest BCUT2D eigenvalue weighted by Crippen LogP contribution is -2.05. The summed E-state index contributed by atoms with van der Waals surface area (Å²) in [6.45, 7) is 2.73. The van der Waals surface area contributed by atoms with Gasteiger partial charge in [-0.25, -0.2) is 4.98 Å². The monoisotopic (exact) mass is 319 g/mol. The minimum Gasteiger partial charge on any atom is -0.369 e. The zero-order valence-electron chi connectivity index (χ0n) is 10.8. The Kier molecular flexibility index (Phi) is 2.82. The third-order valence-electron chi connectivity index (χ3n) is 3.41. The van der Waals surface area contributed by atoms with E-state index in [1.165, 1.54) is 0 Å². The van der Waals surface area contributed by atoms with Gasteiger partial charge < -0.3 is 10.3 Å². The maximum absolute atomic E-state index is 6.02. The van der Waals surface area contributed by atoms with Crippen LogP contribution < -0.4 is 5.73 Å². The van der Waals surface area contributed by atoms with Gasteiger partial charge in [-0.05, 0) is 25.1 Å². The Labute approximate surface area is 119 Å². The van der Waals surface area contributed by atoms with Crippen LogP contribution in [0.25, 0.3) is 11.0 Å². The molecule has 0 atom stereocenters. The highest BCUT2D eigenvalue weighted by Crippen LogP contribution is 2.23. The van der Waals surface area contributed by atoms with Gasteiger partial charge in [-0.3, -0.25) is 4.68 Å². The fourth-order valence-corrected chi connectivity index (χ4v) is 2.50. The maximum atomic E-state index is 6.02. The van der Waals surface area contributed by atoms with Crippen LogP contribution >= 0.6 is 15.9 Å². The number of rotatable bonds is 2. The lowest BCUT2D eigenvalue weighted by atomic mass is 10.2. The molecule has 0 aliphatic carbocycles. The summed E-state index contributed by atoms with van der Waals surface area (Å²) in [7, 11) is 1.94. The third-order valence-corrected chi connectivity index (χ3v) is 3.90. The number of fused-ring (bicyclic) bond motifs is 1. The van der Waals surface area contributed by atoms with Crippen LogP contribution in [-0.4, -0.2) is 19.3 Å². The highest BCUT2D eigenvalue weighted by molar-refractivity contribution is 9.10. The Morgan fingerprint density at radius 3 is 2.84 bits per heavy atom. The van der Waals surface area contributed by atoms with E-state index < -0.39 is 0 Å². The maximum Gasteiger partial charge on any atom is 0.201 e. The molecule has 0 saturated carbocycles. The molecule has 2 heterocycles. The number of aromatic nitrogens is 4. The Bertz CT molecular complexity index is 756. The van der Waals surface area contributed by atoms with E-state index in [9.17, 15) is 0 Å². The van der Waals surface area contributed by atoms with Crippen molar-refractivity contribution >= 4 is 32.9 Å². The van der Waals surface area contributed by atoms with Crippen molar-refractivity contribution in [2.24, 2.45) is 7.05 Å². The summed E-state index contributed by atoms with van der Waals surface area (Å²) in [4.78, 5) is 4.38. The molecular weight excluding hydrogens is 306 g/mol. The second-order valence-corrected chi connectivity index (χ2v) is 5.48. The Morgan fingerprint density at radius 2 is 2.16 bits per heavy atom. The van der Waals surface area contributed by atoms with E-state index in [0.29, 0.717) is 12.5 Å². The number of hydrogen-bond acceptors (Lipinski definition) is 3. The molecule has 0 radical (unpaired) electrons. The normalized spacial score (nSPS) is 11.3. The molecule has 0 fully saturated rings. The summed E-state index contributed by atoms with van der Waals surface area (Å²) in [5.74, 6) is 0.524. The van der Waals surface area contributed by atoms with E-state index in [4.69, 9.17) is 5.73 Å². The van der Waals surface area contributed by atoms with Crippen molar-refractivity contribution in [2.45, 2.75) is 13.5 Å². The molecule has 3 rings (SSSR count). The highest BCUT2D eigenvalue weighted by atomic mass is 79.9. The molecule has 6 heteroatoms. The molecule has 0 amide bonds. The summed E-state index contributed by atoms with van der Waals surface area (Å²) >= 11 is 3.48. The van der Waals surface area contributed by atoms with Crippen LogP contribution in [0.5, 0.6) is 0 Å². The lowest BCUT2D eigenvalue weighted by molar-refractivity contribution is 0.734. The van der Waals surface area contributed by atoms with Crippen molar-refractivity contribution in [1.82, 2.24) is 19.3 Å². The molecule has 3 aromatic rings. The molecule has 0 aliphatic rings. The van der Waals surface area contributed by atoms with E-state index in [0.717, 1.165) is 26.8 Å². The summed E-state index contributed by atoms with van der Waals surface area (Å²) in [5.41, 5.74) is 10.2. The second-order valence-electron chi connectivity index (χ2n) is 4.57. The topological polar surface area (TPSA) is 61.7 Å². The van der Waals surface area contributed by atoms with Crippen LogP contribution in [0, 0.1) is 6.92 Å². The van der Waals surface area contributed by atoms with Crippen molar-refractivity contribution in [1.29, 1.82) is 0 Å². The zero-order valence-corrected chi connectivity index (χ0v) is 12.3. The molecular formula is C13H14BrN5. The van der Waals surface area contributed by atoms with E-state index in [1.807, 2.05) is 47.6 Å². The zero-order chi connectivity index (χ0) is 13.6. The van der Waals surface area contributed by atoms with Gasteiger partial charge in [0.2, 0.25) is 5.95 Å². The van der Waals surface area contributed by atoms with Gasteiger partial charge in [-0.15, -0.1) is 0 Å².